The Hall–Kier alpha value is -1.64. The molecule has 0 unspecified atom stereocenters. The highest BCUT2D eigenvalue weighted by molar-refractivity contribution is 5.49. The van der Waals surface area contributed by atoms with Crippen molar-refractivity contribution in [2.75, 3.05) is 90.5 Å². The van der Waals surface area contributed by atoms with Crippen molar-refractivity contribution >= 4 is 5.69 Å². The molecule has 0 aromatic heterocycles. The fourth-order valence-corrected chi connectivity index (χ4v) is 2.72. The molecule has 0 aliphatic carbocycles. The number of nitrogens with zero attached hydrogens (tertiary/aromatic N) is 1. The van der Waals surface area contributed by atoms with Gasteiger partial charge < -0.3 is 33.9 Å². The Balaban J connectivity index is 1.39. The van der Waals surface area contributed by atoms with Crippen LogP contribution in [-0.2, 0) is 18.9 Å². The topological polar surface area (TPSA) is 61.4 Å². The van der Waals surface area contributed by atoms with Crippen LogP contribution >= 0.6 is 0 Å². The summed E-state index contributed by atoms with van der Waals surface area (Å²) in [6.45, 7) is 12.7. The molecule has 0 bridgehead atoms. The van der Waals surface area contributed by atoms with Gasteiger partial charge in [-0.05, 0) is 24.3 Å². The van der Waals surface area contributed by atoms with Crippen molar-refractivity contribution < 1.29 is 23.7 Å². The molecule has 1 saturated heterocycles. The monoisotopic (exact) mass is 394 g/mol. The maximum atomic E-state index is 5.71. The van der Waals surface area contributed by atoms with E-state index in [9.17, 15) is 0 Å². The zero-order valence-electron chi connectivity index (χ0n) is 16.8. The predicted octanol–water partition coefficient (Wildman–Crippen LogP) is 1.73. The number of nitrogens with one attached hydrogen (secondary N) is 1. The molecule has 1 aliphatic heterocycles. The molecule has 1 heterocycles. The third kappa shape index (κ3) is 10.1. The average molecular weight is 395 g/mol. The van der Waals surface area contributed by atoms with Crippen LogP contribution in [0.5, 0.6) is 5.75 Å². The molecule has 7 nitrogen and oxygen atoms in total. The maximum Gasteiger partial charge on any atom is 0.119 e. The van der Waals surface area contributed by atoms with E-state index in [4.69, 9.17) is 23.7 Å². The van der Waals surface area contributed by atoms with E-state index in [1.807, 2.05) is 12.1 Å². The average Bonchev–Trinajstić information content (AvgIpc) is 2.75. The second-order valence-corrected chi connectivity index (χ2v) is 6.28. The Kier molecular flexibility index (Phi) is 12.4. The first-order chi connectivity index (χ1) is 13.9. The maximum absolute atomic E-state index is 5.71. The lowest BCUT2D eigenvalue weighted by molar-refractivity contribution is -0.00221. The van der Waals surface area contributed by atoms with Crippen LogP contribution in [0.4, 0.5) is 5.69 Å². The third-order valence-corrected chi connectivity index (χ3v) is 4.17. The van der Waals surface area contributed by atoms with Gasteiger partial charge in [-0.25, -0.2) is 0 Å². The van der Waals surface area contributed by atoms with Gasteiger partial charge in [-0.3, -0.25) is 0 Å². The minimum Gasteiger partial charge on any atom is -0.491 e. The molecule has 1 aromatic carbocycles. The molecule has 0 radical (unpaired) electrons. The summed E-state index contributed by atoms with van der Waals surface area (Å²) in [6, 6.07) is 8.26. The Labute approximate surface area is 168 Å². The molecule has 28 heavy (non-hydrogen) atoms. The number of piperazine rings is 1. The Morgan fingerprint density at radius 2 is 1.32 bits per heavy atom. The molecule has 2 rings (SSSR count). The number of anilines is 1. The van der Waals surface area contributed by atoms with Crippen molar-refractivity contribution in [3.05, 3.63) is 36.9 Å². The molecule has 1 fully saturated rings. The van der Waals surface area contributed by atoms with Gasteiger partial charge in [0.05, 0.1) is 52.9 Å². The van der Waals surface area contributed by atoms with Crippen LogP contribution < -0.4 is 15.0 Å². The highest BCUT2D eigenvalue weighted by Gasteiger charge is 2.09. The van der Waals surface area contributed by atoms with Crippen molar-refractivity contribution in [3.8, 4) is 5.75 Å². The predicted molar refractivity (Wildman–Crippen MR) is 110 cm³/mol. The standard InChI is InChI=1S/C21H34N2O5/c1-2-11-24-12-13-25-14-15-26-16-17-27-18-19-28-21-5-3-20(4-6-21)23-9-7-22-8-10-23/h2-6,22H,1,7-19H2. The summed E-state index contributed by atoms with van der Waals surface area (Å²) < 4.78 is 27.2. The Bertz CT molecular complexity index is 506. The number of hydrogen-bond donors (Lipinski definition) is 1. The fraction of sp³-hybridized carbons (Fsp3) is 0.619. The fourth-order valence-electron chi connectivity index (χ4n) is 2.72. The second-order valence-electron chi connectivity index (χ2n) is 6.28. The smallest absolute Gasteiger partial charge is 0.119 e. The largest absolute Gasteiger partial charge is 0.491 e. The van der Waals surface area contributed by atoms with Gasteiger partial charge >= 0.3 is 0 Å². The molecule has 1 aromatic rings. The van der Waals surface area contributed by atoms with Gasteiger partial charge in [0, 0.05) is 31.9 Å². The number of hydrogen-bond acceptors (Lipinski definition) is 7. The second kappa shape index (κ2) is 15.3. The lowest BCUT2D eigenvalue weighted by Gasteiger charge is -2.29. The summed E-state index contributed by atoms with van der Waals surface area (Å²) in [5.41, 5.74) is 1.25. The summed E-state index contributed by atoms with van der Waals surface area (Å²) in [7, 11) is 0. The first-order valence-corrected chi connectivity index (χ1v) is 10.0. The molecular weight excluding hydrogens is 360 g/mol. The van der Waals surface area contributed by atoms with E-state index in [1.165, 1.54) is 5.69 Å². The molecule has 1 N–H and O–H groups in total. The van der Waals surface area contributed by atoms with Gasteiger partial charge in [-0.15, -0.1) is 6.58 Å². The molecule has 7 heteroatoms. The van der Waals surface area contributed by atoms with Gasteiger partial charge in [0.25, 0.3) is 0 Å². The van der Waals surface area contributed by atoms with E-state index < -0.39 is 0 Å². The molecule has 0 spiro atoms. The number of rotatable bonds is 16. The van der Waals surface area contributed by atoms with Crippen molar-refractivity contribution in [1.82, 2.24) is 5.32 Å². The highest BCUT2D eigenvalue weighted by Crippen LogP contribution is 2.19. The van der Waals surface area contributed by atoms with E-state index in [0.29, 0.717) is 59.5 Å². The quantitative estimate of drug-likeness (QED) is 0.338. The van der Waals surface area contributed by atoms with Crippen molar-refractivity contribution in [1.29, 1.82) is 0 Å². The van der Waals surface area contributed by atoms with Crippen LogP contribution in [0.2, 0.25) is 0 Å². The van der Waals surface area contributed by atoms with Crippen LogP contribution in [-0.4, -0.2) is 85.6 Å². The van der Waals surface area contributed by atoms with Gasteiger partial charge in [0.2, 0.25) is 0 Å². The molecule has 0 atom stereocenters. The van der Waals surface area contributed by atoms with Crippen LogP contribution in [0.1, 0.15) is 0 Å². The van der Waals surface area contributed by atoms with Crippen LogP contribution in [0.3, 0.4) is 0 Å². The van der Waals surface area contributed by atoms with Gasteiger partial charge in [0.15, 0.2) is 0 Å². The van der Waals surface area contributed by atoms with E-state index in [2.05, 4.69) is 28.9 Å². The minimum atomic E-state index is 0.529. The number of ether oxygens (including phenoxy) is 5. The van der Waals surface area contributed by atoms with Gasteiger partial charge in [0.1, 0.15) is 12.4 Å². The summed E-state index contributed by atoms with van der Waals surface area (Å²) in [5, 5.41) is 3.36. The van der Waals surface area contributed by atoms with Crippen LogP contribution in [0.15, 0.2) is 36.9 Å². The Morgan fingerprint density at radius 1 is 0.786 bits per heavy atom. The molecule has 158 valence electrons. The van der Waals surface area contributed by atoms with E-state index in [-0.39, 0.29) is 0 Å². The number of benzene rings is 1. The lowest BCUT2D eigenvalue weighted by Crippen LogP contribution is -2.43. The minimum absolute atomic E-state index is 0.529. The van der Waals surface area contributed by atoms with Crippen LogP contribution in [0, 0.1) is 0 Å². The zero-order chi connectivity index (χ0) is 19.7. The summed E-state index contributed by atoms with van der Waals surface area (Å²) >= 11 is 0. The van der Waals surface area contributed by atoms with Crippen molar-refractivity contribution in [2.24, 2.45) is 0 Å². The molecular formula is C21H34N2O5. The first-order valence-electron chi connectivity index (χ1n) is 10.0. The zero-order valence-corrected chi connectivity index (χ0v) is 16.8. The van der Waals surface area contributed by atoms with Crippen molar-refractivity contribution in [3.63, 3.8) is 0 Å². The van der Waals surface area contributed by atoms with Crippen molar-refractivity contribution in [2.45, 2.75) is 0 Å². The first kappa shape index (κ1) is 22.6. The summed E-state index contributed by atoms with van der Waals surface area (Å²) in [5.74, 6) is 0.868. The van der Waals surface area contributed by atoms with Gasteiger partial charge in [-0.2, -0.15) is 0 Å². The normalized spacial score (nSPS) is 14.2. The van der Waals surface area contributed by atoms with Crippen LogP contribution in [0.25, 0.3) is 0 Å². The van der Waals surface area contributed by atoms with E-state index in [0.717, 1.165) is 31.9 Å². The molecule has 0 amide bonds. The van der Waals surface area contributed by atoms with Gasteiger partial charge in [-0.1, -0.05) is 6.08 Å². The molecule has 0 saturated carbocycles. The lowest BCUT2D eigenvalue weighted by atomic mass is 10.2. The SMILES string of the molecule is C=CCOCCOCCOCCOCCOc1ccc(N2CCNCC2)cc1. The third-order valence-electron chi connectivity index (χ3n) is 4.17. The van der Waals surface area contributed by atoms with E-state index >= 15 is 0 Å². The summed E-state index contributed by atoms with van der Waals surface area (Å²) in [6.07, 6.45) is 1.72. The highest BCUT2D eigenvalue weighted by atomic mass is 16.6. The Morgan fingerprint density at radius 3 is 1.89 bits per heavy atom. The molecule has 1 aliphatic rings. The summed E-state index contributed by atoms with van der Waals surface area (Å²) in [4.78, 5) is 2.38. The van der Waals surface area contributed by atoms with E-state index in [1.54, 1.807) is 6.08 Å².